The second kappa shape index (κ2) is 9.75. The molecule has 5 rings (SSSR count). The molecule has 9 nitrogen and oxygen atoms in total. The molecule has 12 heteroatoms. The van der Waals surface area contributed by atoms with E-state index in [1.807, 2.05) is 4.57 Å². The molecule has 0 spiro atoms. The van der Waals surface area contributed by atoms with Crippen LogP contribution in [0.1, 0.15) is 51.0 Å². The first-order valence-corrected chi connectivity index (χ1v) is 12.5. The van der Waals surface area contributed by atoms with E-state index in [0.717, 1.165) is 19.3 Å². The zero-order valence-corrected chi connectivity index (χ0v) is 20.4. The summed E-state index contributed by atoms with van der Waals surface area (Å²) in [5, 5.41) is 16.8. The molecule has 186 valence electrons. The summed E-state index contributed by atoms with van der Waals surface area (Å²) in [6.07, 6.45) is 6.42. The number of anilines is 3. The van der Waals surface area contributed by atoms with E-state index >= 15 is 0 Å². The molecule has 2 fully saturated rings. The molecule has 2 aliphatic carbocycles. The van der Waals surface area contributed by atoms with Crippen molar-refractivity contribution in [1.29, 1.82) is 0 Å². The smallest absolute Gasteiger partial charge is 0.225 e. The monoisotopic (exact) mass is 521 g/mol. The number of nitrogens with two attached hydrogens (primary N) is 1. The maximum Gasteiger partial charge on any atom is 0.225 e. The summed E-state index contributed by atoms with van der Waals surface area (Å²) in [6.45, 7) is 0. The van der Waals surface area contributed by atoms with Gasteiger partial charge in [0.25, 0.3) is 0 Å². The summed E-state index contributed by atoms with van der Waals surface area (Å²) >= 11 is 12.5. The van der Waals surface area contributed by atoms with E-state index in [1.165, 1.54) is 12.1 Å². The average molecular weight is 522 g/mol. The molecule has 5 N–H and O–H groups in total. The Bertz CT molecular complexity index is 1240. The minimum absolute atomic E-state index is 0.0177. The number of carbonyl (C=O) groups excluding carboxylic acids is 1. The molecule has 2 atom stereocenters. The lowest BCUT2D eigenvalue weighted by atomic mass is 9.85. The van der Waals surface area contributed by atoms with Crippen LogP contribution in [-0.4, -0.2) is 42.7 Å². The van der Waals surface area contributed by atoms with Gasteiger partial charge in [-0.1, -0.05) is 23.2 Å². The Morgan fingerprint density at radius 1 is 1.11 bits per heavy atom. The Balaban J connectivity index is 1.54. The fourth-order valence-corrected chi connectivity index (χ4v) is 5.62. The molecule has 2 aliphatic rings. The van der Waals surface area contributed by atoms with Crippen LogP contribution >= 0.6 is 23.2 Å². The number of aliphatic hydroxyl groups is 1. The highest BCUT2D eigenvalue weighted by Crippen LogP contribution is 2.39. The molecule has 1 amide bonds. The number of aliphatic hydroxyl groups excluding tert-OH is 1. The van der Waals surface area contributed by atoms with E-state index in [2.05, 4.69) is 20.6 Å². The highest BCUT2D eigenvalue weighted by molar-refractivity contribution is 6.39. The molecule has 2 aromatic heterocycles. The number of amides is 1. The minimum atomic E-state index is -0.542. The number of nitrogens with one attached hydrogen (secondary N) is 2. The molecule has 2 heterocycles. The number of carbonyl (C=O) groups is 1. The molecule has 3 aromatic rings. The lowest BCUT2D eigenvalue weighted by Gasteiger charge is -2.29. The van der Waals surface area contributed by atoms with Crippen molar-refractivity contribution in [2.45, 2.75) is 63.1 Å². The van der Waals surface area contributed by atoms with E-state index in [-0.39, 0.29) is 34.0 Å². The number of hydrogen-bond acceptors (Lipinski definition) is 7. The Kier molecular flexibility index (Phi) is 6.69. The van der Waals surface area contributed by atoms with Gasteiger partial charge in [0.15, 0.2) is 5.65 Å². The maximum absolute atomic E-state index is 13.7. The Labute approximate surface area is 211 Å². The molecule has 0 aliphatic heterocycles. The largest absolute Gasteiger partial charge is 0.391 e. The van der Waals surface area contributed by atoms with Crippen LogP contribution in [0.15, 0.2) is 18.3 Å². The molecule has 0 saturated heterocycles. The molecular formula is C23H26Cl2FN7O2. The van der Waals surface area contributed by atoms with Gasteiger partial charge in [-0.2, -0.15) is 4.98 Å². The van der Waals surface area contributed by atoms with E-state index in [4.69, 9.17) is 33.9 Å². The normalized spacial score (nSPS) is 24.6. The number of rotatable bonds is 6. The van der Waals surface area contributed by atoms with Crippen LogP contribution < -0.4 is 16.4 Å². The van der Waals surface area contributed by atoms with Crippen molar-refractivity contribution >= 4 is 57.9 Å². The molecule has 1 aromatic carbocycles. The third kappa shape index (κ3) is 4.87. The van der Waals surface area contributed by atoms with Crippen molar-refractivity contribution in [3.63, 3.8) is 0 Å². The Morgan fingerprint density at radius 2 is 1.83 bits per heavy atom. The second-order valence-corrected chi connectivity index (χ2v) is 10.0. The summed E-state index contributed by atoms with van der Waals surface area (Å²) in [6, 6.07) is 2.23. The highest BCUT2D eigenvalue weighted by atomic mass is 35.5. The van der Waals surface area contributed by atoms with Gasteiger partial charge in [0.2, 0.25) is 17.8 Å². The van der Waals surface area contributed by atoms with Crippen LogP contribution in [0.5, 0.6) is 0 Å². The van der Waals surface area contributed by atoms with Crippen molar-refractivity contribution < 1.29 is 14.3 Å². The summed E-state index contributed by atoms with van der Waals surface area (Å²) in [4.78, 5) is 25.5. The zero-order valence-electron chi connectivity index (χ0n) is 18.8. The topological polar surface area (TPSA) is 131 Å². The Morgan fingerprint density at radius 3 is 2.46 bits per heavy atom. The van der Waals surface area contributed by atoms with Gasteiger partial charge in [-0.25, -0.2) is 14.4 Å². The van der Waals surface area contributed by atoms with Gasteiger partial charge >= 0.3 is 0 Å². The number of hydrogen-bond donors (Lipinski definition) is 4. The third-order valence-corrected chi connectivity index (χ3v) is 7.53. The third-order valence-electron chi connectivity index (χ3n) is 6.93. The fourth-order valence-electron chi connectivity index (χ4n) is 5.06. The SMILES string of the molecule is NC(=O)[C@H]1CC[C@H](n2c(Nc3c(Cl)cc(F)cc3Cl)nc3cnc(N[C@H]4CCC[C@@H]4O)nc32)CC1. The van der Waals surface area contributed by atoms with Crippen LogP contribution in [-0.2, 0) is 4.79 Å². The van der Waals surface area contributed by atoms with Crippen LogP contribution in [0.4, 0.5) is 22.0 Å². The number of imidazole rings is 1. The number of aromatic nitrogens is 4. The molecule has 0 bridgehead atoms. The van der Waals surface area contributed by atoms with Gasteiger partial charge in [0.05, 0.1) is 34.1 Å². The van der Waals surface area contributed by atoms with Crippen molar-refractivity contribution in [3.8, 4) is 0 Å². The molecule has 2 saturated carbocycles. The Hall–Kier alpha value is -2.69. The van der Waals surface area contributed by atoms with E-state index in [9.17, 15) is 14.3 Å². The van der Waals surface area contributed by atoms with E-state index in [1.54, 1.807) is 6.20 Å². The van der Waals surface area contributed by atoms with Gasteiger partial charge in [-0.3, -0.25) is 9.36 Å². The first-order chi connectivity index (χ1) is 16.8. The number of fused-ring (bicyclic) bond motifs is 1. The first kappa shape index (κ1) is 24.0. The predicted molar refractivity (Wildman–Crippen MR) is 132 cm³/mol. The number of primary amides is 1. The zero-order chi connectivity index (χ0) is 24.7. The average Bonchev–Trinajstić information content (AvgIpc) is 3.38. The van der Waals surface area contributed by atoms with Crippen LogP contribution in [0, 0.1) is 11.7 Å². The summed E-state index contributed by atoms with van der Waals surface area (Å²) in [5.74, 6) is -0.148. The van der Waals surface area contributed by atoms with Gasteiger partial charge < -0.3 is 21.5 Å². The number of benzene rings is 1. The van der Waals surface area contributed by atoms with Gasteiger partial charge in [-0.05, 0) is 57.1 Å². The van der Waals surface area contributed by atoms with E-state index in [0.29, 0.717) is 54.4 Å². The number of halogens is 3. The summed E-state index contributed by atoms with van der Waals surface area (Å²) < 4.78 is 15.7. The second-order valence-electron chi connectivity index (χ2n) is 9.23. The van der Waals surface area contributed by atoms with Crippen molar-refractivity contribution in [2.75, 3.05) is 10.6 Å². The van der Waals surface area contributed by atoms with Crippen LogP contribution in [0.2, 0.25) is 10.0 Å². The first-order valence-electron chi connectivity index (χ1n) is 11.7. The van der Waals surface area contributed by atoms with Crippen molar-refractivity contribution in [3.05, 3.63) is 34.2 Å². The van der Waals surface area contributed by atoms with Gasteiger partial charge in [0.1, 0.15) is 11.3 Å². The molecule has 35 heavy (non-hydrogen) atoms. The lowest BCUT2D eigenvalue weighted by molar-refractivity contribution is -0.122. The highest BCUT2D eigenvalue weighted by Gasteiger charge is 2.30. The molecule has 0 radical (unpaired) electrons. The fraction of sp³-hybridized carbons (Fsp3) is 0.478. The van der Waals surface area contributed by atoms with Crippen LogP contribution in [0.3, 0.4) is 0 Å². The lowest BCUT2D eigenvalue weighted by Crippen LogP contribution is -2.29. The summed E-state index contributed by atoms with van der Waals surface area (Å²) in [7, 11) is 0. The molecule has 0 unspecified atom stereocenters. The number of nitrogens with zero attached hydrogens (tertiary/aromatic N) is 4. The standard InChI is InChI=1S/C23H26Cl2FN7O2/c24-14-8-12(26)9-15(25)19(14)31-23-30-17-10-28-22(29-16-2-1-3-18(16)34)32-21(17)33(23)13-6-4-11(5-7-13)20(27)35/h8-11,13,16,18,34H,1-7H2,(H2,27,35)(H,30,31)(H,28,29,32)/t11-,13-,16-,18-/m0/s1. The van der Waals surface area contributed by atoms with E-state index < -0.39 is 11.9 Å². The van der Waals surface area contributed by atoms with Gasteiger partial charge in [0, 0.05) is 12.0 Å². The summed E-state index contributed by atoms with van der Waals surface area (Å²) in [5.41, 5.74) is 7.00. The van der Waals surface area contributed by atoms with Crippen molar-refractivity contribution in [1.82, 2.24) is 19.5 Å². The molecular weight excluding hydrogens is 496 g/mol. The van der Waals surface area contributed by atoms with Crippen molar-refractivity contribution in [2.24, 2.45) is 11.7 Å². The van der Waals surface area contributed by atoms with Crippen LogP contribution in [0.25, 0.3) is 11.2 Å². The minimum Gasteiger partial charge on any atom is -0.391 e. The predicted octanol–water partition coefficient (Wildman–Crippen LogP) is 4.56. The quantitative estimate of drug-likeness (QED) is 0.373. The maximum atomic E-state index is 13.7. The van der Waals surface area contributed by atoms with Gasteiger partial charge in [-0.15, -0.1) is 0 Å².